The summed E-state index contributed by atoms with van der Waals surface area (Å²) in [7, 11) is 1.49. The predicted octanol–water partition coefficient (Wildman–Crippen LogP) is 1.22. The minimum Gasteiger partial charge on any atom is -0.351 e. The summed E-state index contributed by atoms with van der Waals surface area (Å²) < 4.78 is 35.9. The van der Waals surface area contributed by atoms with Crippen LogP contribution in [0.1, 0.15) is 11.1 Å². The monoisotopic (exact) mass is 331 g/mol. The number of aryl methyl sites for hydroxylation is 1. The van der Waals surface area contributed by atoms with Crippen LogP contribution in [0.3, 0.4) is 0 Å². The average Bonchev–Trinajstić information content (AvgIpc) is 2.42. The van der Waals surface area contributed by atoms with Gasteiger partial charge in [-0.3, -0.25) is 14.5 Å². The van der Waals surface area contributed by atoms with E-state index in [4.69, 9.17) is 0 Å². The molecule has 0 fully saturated rings. The van der Waals surface area contributed by atoms with Gasteiger partial charge in [0.2, 0.25) is 11.8 Å². The zero-order valence-corrected chi connectivity index (χ0v) is 13.0. The van der Waals surface area contributed by atoms with E-state index >= 15 is 0 Å². The van der Waals surface area contributed by atoms with Gasteiger partial charge in [0.15, 0.2) is 0 Å². The number of rotatable bonds is 7. The van der Waals surface area contributed by atoms with E-state index in [1.54, 1.807) is 5.32 Å². The van der Waals surface area contributed by atoms with Crippen LogP contribution in [0.2, 0.25) is 0 Å². The molecule has 0 bridgehead atoms. The van der Waals surface area contributed by atoms with E-state index in [-0.39, 0.29) is 19.0 Å². The Morgan fingerprint density at radius 1 is 1.13 bits per heavy atom. The highest BCUT2D eigenvalue weighted by Gasteiger charge is 2.27. The van der Waals surface area contributed by atoms with Crippen molar-refractivity contribution in [2.24, 2.45) is 0 Å². The highest BCUT2D eigenvalue weighted by molar-refractivity contribution is 5.81. The van der Waals surface area contributed by atoms with Gasteiger partial charge in [0.25, 0.3) is 0 Å². The molecule has 5 nitrogen and oxygen atoms in total. The molecule has 23 heavy (non-hydrogen) atoms. The molecule has 2 N–H and O–H groups in total. The molecule has 1 aromatic carbocycles. The van der Waals surface area contributed by atoms with Crippen LogP contribution in [0.5, 0.6) is 0 Å². The Morgan fingerprint density at radius 2 is 1.74 bits per heavy atom. The molecule has 1 aromatic rings. The molecule has 0 aliphatic heterocycles. The van der Waals surface area contributed by atoms with E-state index in [0.29, 0.717) is 6.54 Å². The maximum absolute atomic E-state index is 12.0. The summed E-state index contributed by atoms with van der Waals surface area (Å²) >= 11 is 0. The molecule has 0 aliphatic rings. The second kappa shape index (κ2) is 8.52. The Labute approximate surface area is 132 Å². The molecule has 128 valence electrons. The molecule has 8 heteroatoms. The number of halogens is 3. The fourth-order valence-electron chi connectivity index (χ4n) is 1.88. The number of amides is 2. The van der Waals surface area contributed by atoms with Crippen LogP contribution < -0.4 is 10.6 Å². The van der Waals surface area contributed by atoms with Crippen LogP contribution in [0, 0.1) is 6.92 Å². The summed E-state index contributed by atoms with van der Waals surface area (Å²) in [5.74, 6) is -1.09. The van der Waals surface area contributed by atoms with Crippen LogP contribution in [-0.2, 0) is 16.1 Å². The molecule has 0 unspecified atom stereocenters. The van der Waals surface area contributed by atoms with Crippen LogP contribution >= 0.6 is 0 Å². The smallest absolute Gasteiger partial charge is 0.351 e. The van der Waals surface area contributed by atoms with E-state index in [1.165, 1.54) is 11.9 Å². The van der Waals surface area contributed by atoms with Crippen LogP contribution in [0.25, 0.3) is 0 Å². The Balaban J connectivity index is 2.29. The quantitative estimate of drug-likeness (QED) is 0.790. The predicted molar refractivity (Wildman–Crippen MR) is 79.6 cm³/mol. The number of carbonyl (C=O) groups is 2. The number of likely N-dealkylation sites (N-methyl/N-ethyl adjacent to an activating group) is 1. The molecule has 0 atom stereocenters. The first-order valence-electron chi connectivity index (χ1n) is 7.00. The first kappa shape index (κ1) is 19.0. The lowest BCUT2D eigenvalue weighted by atomic mass is 10.1. The van der Waals surface area contributed by atoms with Gasteiger partial charge in [-0.2, -0.15) is 13.2 Å². The number of hydrogen-bond acceptors (Lipinski definition) is 3. The molecule has 1 rings (SSSR count). The van der Waals surface area contributed by atoms with Crippen molar-refractivity contribution in [2.45, 2.75) is 19.6 Å². The summed E-state index contributed by atoms with van der Waals surface area (Å²) in [6.45, 7) is 0.561. The standard InChI is InChI=1S/C15H20F3N3O2/c1-11-4-3-5-12(6-11)7-19-13(22)8-21(2)9-14(23)20-10-15(16,17)18/h3-6H,7-10H2,1-2H3,(H,19,22)(H,20,23). The van der Waals surface area contributed by atoms with Gasteiger partial charge in [0.05, 0.1) is 13.1 Å². The second-order valence-electron chi connectivity index (χ2n) is 5.33. The Morgan fingerprint density at radius 3 is 2.30 bits per heavy atom. The number of hydrogen-bond donors (Lipinski definition) is 2. The van der Waals surface area contributed by atoms with Crippen molar-refractivity contribution in [3.63, 3.8) is 0 Å². The van der Waals surface area contributed by atoms with Crippen molar-refractivity contribution >= 4 is 11.8 Å². The SMILES string of the molecule is Cc1cccc(CNC(=O)CN(C)CC(=O)NCC(F)(F)F)c1. The third-order valence-electron chi connectivity index (χ3n) is 2.89. The van der Waals surface area contributed by atoms with Crippen molar-refractivity contribution in [1.82, 2.24) is 15.5 Å². The number of nitrogens with zero attached hydrogens (tertiary/aromatic N) is 1. The summed E-state index contributed by atoms with van der Waals surface area (Å²) in [4.78, 5) is 24.4. The number of carbonyl (C=O) groups excluding carboxylic acids is 2. The lowest BCUT2D eigenvalue weighted by molar-refractivity contribution is -0.139. The number of nitrogens with one attached hydrogen (secondary N) is 2. The van der Waals surface area contributed by atoms with Gasteiger partial charge in [-0.1, -0.05) is 29.8 Å². The highest BCUT2D eigenvalue weighted by Crippen LogP contribution is 2.11. The maximum atomic E-state index is 12.0. The van der Waals surface area contributed by atoms with Crippen molar-refractivity contribution in [1.29, 1.82) is 0 Å². The fraction of sp³-hybridized carbons (Fsp3) is 0.467. The molecule has 0 radical (unpaired) electrons. The summed E-state index contributed by atoms with van der Waals surface area (Å²) in [6, 6.07) is 7.64. The highest BCUT2D eigenvalue weighted by atomic mass is 19.4. The molecule has 2 amide bonds. The van der Waals surface area contributed by atoms with Gasteiger partial charge in [-0.25, -0.2) is 0 Å². The lowest BCUT2D eigenvalue weighted by Gasteiger charge is -2.16. The zero-order chi connectivity index (χ0) is 17.5. The Bertz CT molecular complexity index is 547. The fourth-order valence-corrected chi connectivity index (χ4v) is 1.88. The van der Waals surface area contributed by atoms with E-state index in [2.05, 4.69) is 5.32 Å². The molecule has 0 saturated heterocycles. The molecule has 0 heterocycles. The van der Waals surface area contributed by atoms with Gasteiger partial charge in [0.1, 0.15) is 6.54 Å². The number of alkyl halides is 3. The van der Waals surface area contributed by atoms with Gasteiger partial charge < -0.3 is 10.6 Å². The van der Waals surface area contributed by atoms with Crippen LogP contribution in [0.15, 0.2) is 24.3 Å². The van der Waals surface area contributed by atoms with E-state index < -0.39 is 18.6 Å². The van der Waals surface area contributed by atoms with E-state index in [1.807, 2.05) is 31.2 Å². The van der Waals surface area contributed by atoms with E-state index in [9.17, 15) is 22.8 Å². The average molecular weight is 331 g/mol. The Hall–Kier alpha value is -2.09. The van der Waals surface area contributed by atoms with Gasteiger partial charge in [0, 0.05) is 6.54 Å². The maximum Gasteiger partial charge on any atom is 0.405 e. The molecule has 0 aliphatic carbocycles. The molecule has 0 spiro atoms. The minimum absolute atomic E-state index is 0.0781. The molecule has 0 saturated carbocycles. The Kier molecular flexibility index (Phi) is 7.02. The first-order chi connectivity index (χ1) is 10.7. The van der Waals surface area contributed by atoms with Gasteiger partial charge in [-0.15, -0.1) is 0 Å². The van der Waals surface area contributed by atoms with E-state index in [0.717, 1.165) is 11.1 Å². The zero-order valence-electron chi connectivity index (χ0n) is 13.0. The summed E-state index contributed by atoms with van der Waals surface area (Å²) in [5, 5.41) is 4.45. The van der Waals surface area contributed by atoms with Crippen LogP contribution in [-0.4, -0.2) is 49.6 Å². The van der Waals surface area contributed by atoms with Gasteiger partial charge >= 0.3 is 6.18 Å². The van der Waals surface area contributed by atoms with Crippen molar-refractivity contribution < 1.29 is 22.8 Å². The summed E-state index contributed by atoms with van der Waals surface area (Å²) in [5.41, 5.74) is 2.03. The third-order valence-corrected chi connectivity index (χ3v) is 2.89. The second-order valence-corrected chi connectivity index (χ2v) is 5.33. The number of benzene rings is 1. The minimum atomic E-state index is -4.45. The molecular weight excluding hydrogens is 311 g/mol. The van der Waals surface area contributed by atoms with Crippen molar-refractivity contribution in [3.8, 4) is 0 Å². The van der Waals surface area contributed by atoms with Crippen molar-refractivity contribution in [3.05, 3.63) is 35.4 Å². The van der Waals surface area contributed by atoms with Crippen molar-refractivity contribution in [2.75, 3.05) is 26.7 Å². The largest absolute Gasteiger partial charge is 0.405 e. The summed E-state index contributed by atoms with van der Waals surface area (Å²) in [6.07, 6.45) is -4.45. The first-order valence-corrected chi connectivity index (χ1v) is 7.00. The molecule has 0 aromatic heterocycles. The third kappa shape index (κ3) is 8.82. The van der Waals surface area contributed by atoms with Gasteiger partial charge in [-0.05, 0) is 19.5 Å². The molecular formula is C15H20F3N3O2. The lowest BCUT2D eigenvalue weighted by Crippen LogP contribution is -2.43. The normalized spacial score (nSPS) is 11.4. The topological polar surface area (TPSA) is 61.4 Å². The van der Waals surface area contributed by atoms with Crippen LogP contribution in [0.4, 0.5) is 13.2 Å².